The Hall–Kier alpha value is -1.39. The fraction of sp³-hybridized carbons (Fsp3) is 0.588. The fourth-order valence-electron chi connectivity index (χ4n) is 2.47. The molecule has 4 heteroatoms. The van der Waals surface area contributed by atoms with Crippen LogP contribution in [0.4, 0.5) is 0 Å². The molecule has 0 bridgehead atoms. The standard InChI is InChI=1S/C17H29N3O/c1-4-17(5-2,14-18)16(21)19-11-12-20(3)13-15-9-7-6-8-10-15/h6-10H,4-5,11-14,18H2,1-3H3,(H,19,21). The Kier molecular flexibility index (Phi) is 7.40. The van der Waals surface area contributed by atoms with Crippen LogP contribution in [-0.2, 0) is 11.3 Å². The van der Waals surface area contributed by atoms with E-state index in [0.29, 0.717) is 13.1 Å². The van der Waals surface area contributed by atoms with Gasteiger partial charge >= 0.3 is 0 Å². The highest BCUT2D eigenvalue weighted by molar-refractivity contribution is 5.82. The van der Waals surface area contributed by atoms with Crippen LogP contribution in [0.3, 0.4) is 0 Å². The Morgan fingerprint density at radius 1 is 1.24 bits per heavy atom. The lowest BCUT2D eigenvalue weighted by atomic mass is 9.81. The van der Waals surface area contributed by atoms with Crippen molar-refractivity contribution in [1.82, 2.24) is 10.2 Å². The maximum atomic E-state index is 12.3. The van der Waals surface area contributed by atoms with Gasteiger partial charge in [0.15, 0.2) is 0 Å². The molecule has 0 saturated carbocycles. The van der Waals surface area contributed by atoms with Gasteiger partial charge in [0, 0.05) is 26.2 Å². The number of benzene rings is 1. The Balaban J connectivity index is 2.37. The van der Waals surface area contributed by atoms with Crippen molar-refractivity contribution in [3.8, 4) is 0 Å². The van der Waals surface area contributed by atoms with Crippen LogP contribution in [0.2, 0.25) is 0 Å². The van der Waals surface area contributed by atoms with Gasteiger partial charge in [0.25, 0.3) is 0 Å². The predicted molar refractivity (Wildman–Crippen MR) is 87.9 cm³/mol. The van der Waals surface area contributed by atoms with Crippen molar-refractivity contribution in [3.63, 3.8) is 0 Å². The van der Waals surface area contributed by atoms with Gasteiger partial charge in [-0.25, -0.2) is 0 Å². The number of carbonyl (C=O) groups is 1. The highest BCUT2D eigenvalue weighted by atomic mass is 16.2. The minimum absolute atomic E-state index is 0.0862. The van der Waals surface area contributed by atoms with E-state index in [1.807, 2.05) is 32.0 Å². The van der Waals surface area contributed by atoms with Crippen LogP contribution in [0.25, 0.3) is 0 Å². The molecule has 0 aliphatic carbocycles. The SMILES string of the molecule is CCC(CC)(CN)C(=O)NCCN(C)Cc1ccccc1. The lowest BCUT2D eigenvalue weighted by Crippen LogP contribution is -2.46. The Labute approximate surface area is 128 Å². The largest absolute Gasteiger partial charge is 0.354 e. The van der Waals surface area contributed by atoms with Crippen LogP contribution in [-0.4, -0.2) is 37.5 Å². The highest BCUT2D eigenvalue weighted by Gasteiger charge is 2.32. The first-order valence-electron chi connectivity index (χ1n) is 7.78. The normalized spacial score (nSPS) is 11.7. The Morgan fingerprint density at radius 3 is 2.38 bits per heavy atom. The summed E-state index contributed by atoms with van der Waals surface area (Å²) in [6.07, 6.45) is 1.57. The van der Waals surface area contributed by atoms with E-state index in [1.54, 1.807) is 0 Å². The van der Waals surface area contributed by atoms with E-state index in [-0.39, 0.29) is 5.91 Å². The second-order valence-electron chi connectivity index (χ2n) is 5.67. The molecule has 3 N–H and O–H groups in total. The zero-order chi connectivity index (χ0) is 15.7. The van der Waals surface area contributed by atoms with Gasteiger partial charge in [-0.1, -0.05) is 44.2 Å². The molecule has 0 spiro atoms. The van der Waals surface area contributed by atoms with Gasteiger partial charge in [-0.05, 0) is 25.5 Å². The van der Waals surface area contributed by atoms with E-state index in [0.717, 1.165) is 25.9 Å². The molecule has 118 valence electrons. The van der Waals surface area contributed by atoms with Crippen LogP contribution >= 0.6 is 0 Å². The number of likely N-dealkylation sites (N-methyl/N-ethyl adjacent to an activating group) is 1. The molecule has 21 heavy (non-hydrogen) atoms. The van der Waals surface area contributed by atoms with Crippen LogP contribution in [0, 0.1) is 5.41 Å². The molecule has 1 aromatic carbocycles. The number of amides is 1. The van der Waals surface area contributed by atoms with Crippen LogP contribution in [0.5, 0.6) is 0 Å². The molecule has 0 heterocycles. The highest BCUT2D eigenvalue weighted by Crippen LogP contribution is 2.24. The molecule has 0 unspecified atom stereocenters. The van der Waals surface area contributed by atoms with Crippen LogP contribution < -0.4 is 11.1 Å². The van der Waals surface area contributed by atoms with E-state index in [4.69, 9.17) is 5.73 Å². The molecule has 1 amide bonds. The number of hydrogen-bond donors (Lipinski definition) is 2. The van der Waals surface area contributed by atoms with E-state index in [2.05, 4.69) is 29.4 Å². The predicted octanol–water partition coefficient (Wildman–Crippen LogP) is 2.00. The first-order valence-corrected chi connectivity index (χ1v) is 7.78. The quantitative estimate of drug-likeness (QED) is 0.731. The Bertz CT molecular complexity index is 407. The first kappa shape index (κ1) is 17.7. The smallest absolute Gasteiger partial charge is 0.227 e. The van der Waals surface area contributed by atoms with Gasteiger partial charge in [0.05, 0.1) is 5.41 Å². The Morgan fingerprint density at radius 2 is 1.86 bits per heavy atom. The van der Waals surface area contributed by atoms with Gasteiger partial charge < -0.3 is 16.0 Å². The molecule has 0 aromatic heterocycles. The molecule has 1 rings (SSSR count). The number of nitrogens with zero attached hydrogens (tertiary/aromatic N) is 1. The van der Waals surface area contributed by atoms with Crippen molar-refractivity contribution in [3.05, 3.63) is 35.9 Å². The summed E-state index contributed by atoms with van der Waals surface area (Å²) in [7, 11) is 2.06. The second-order valence-corrected chi connectivity index (χ2v) is 5.67. The second kappa shape index (κ2) is 8.80. The summed E-state index contributed by atoms with van der Waals surface area (Å²) in [4.78, 5) is 14.5. The third kappa shape index (κ3) is 5.14. The average Bonchev–Trinajstić information content (AvgIpc) is 2.50. The van der Waals surface area contributed by atoms with Crippen molar-refractivity contribution in [2.75, 3.05) is 26.7 Å². The molecule has 4 nitrogen and oxygen atoms in total. The van der Waals surface area contributed by atoms with Gasteiger partial charge in [-0.2, -0.15) is 0 Å². The van der Waals surface area contributed by atoms with E-state index >= 15 is 0 Å². The summed E-state index contributed by atoms with van der Waals surface area (Å²) < 4.78 is 0. The maximum absolute atomic E-state index is 12.3. The molecule has 0 saturated heterocycles. The summed E-state index contributed by atoms with van der Waals surface area (Å²) in [5, 5.41) is 3.03. The van der Waals surface area contributed by atoms with E-state index < -0.39 is 5.41 Å². The molecular formula is C17H29N3O. The molecular weight excluding hydrogens is 262 g/mol. The summed E-state index contributed by atoms with van der Waals surface area (Å²) in [6, 6.07) is 10.3. The molecule has 0 radical (unpaired) electrons. The third-order valence-corrected chi connectivity index (χ3v) is 4.30. The third-order valence-electron chi connectivity index (χ3n) is 4.30. The van der Waals surface area contributed by atoms with Gasteiger partial charge in [-0.3, -0.25) is 4.79 Å². The number of hydrogen-bond acceptors (Lipinski definition) is 3. The monoisotopic (exact) mass is 291 g/mol. The van der Waals surface area contributed by atoms with Crippen LogP contribution in [0.15, 0.2) is 30.3 Å². The fourth-order valence-corrected chi connectivity index (χ4v) is 2.47. The maximum Gasteiger partial charge on any atom is 0.227 e. The molecule has 0 aliphatic rings. The van der Waals surface area contributed by atoms with Gasteiger partial charge in [0.1, 0.15) is 0 Å². The lowest BCUT2D eigenvalue weighted by Gasteiger charge is -2.29. The molecule has 0 fully saturated rings. The minimum Gasteiger partial charge on any atom is -0.354 e. The molecule has 0 atom stereocenters. The van der Waals surface area contributed by atoms with Crippen molar-refractivity contribution in [2.24, 2.45) is 11.1 Å². The average molecular weight is 291 g/mol. The van der Waals surface area contributed by atoms with Crippen molar-refractivity contribution >= 4 is 5.91 Å². The van der Waals surface area contributed by atoms with Gasteiger partial charge in [-0.15, -0.1) is 0 Å². The van der Waals surface area contributed by atoms with Crippen molar-refractivity contribution in [2.45, 2.75) is 33.2 Å². The van der Waals surface area contributed by atoms with Crippen molar-refractivity contribution < 1.29 is 4.79 Å². The zero-order valence-electron chi connectivity index (χ0n) is 13.6. The first-order chi connectivity index (χ1) is 10.1. The molecule has 1 aromatic rings. The zero-order valence-corrected chi connectivity index (χ0v) is 13.6. The number of nitrogens with one attached hydrogen (secondary N) is 1. The summed E-state index contributed by atoms with van der Waals surface area (Å²) in [6.45, 7) is 6.83. The summed E-state index contributed by atoms with van der Waals surface area (Å²) in [5.74, 6) is 0.0862. The minimum atomic E-state index is -0.405. The van der Waals surface area contributed by atoms with E-state index in [1.165, 1.54) is 5.56 Å². The number of carbonyl (C=O) groups excluding carboxylic acids is 1. The number of nitrogens with two attached hydrogens (primary N) is 1. The van der Waals surface area contributed by atoms with E-state index in [9.17, 15) is 4.79 Å². The lowest BCUT2D eigenvalue weighted by molar-refractivity contribution is -0.131. The van der Waals surface area contributed by atoms with Crippen LogP contribution in [0.1, 0.15) is 32.3 Å². The van der Waals surface area contributed by atoms with Gasteiger partial charge in [0.2, 0.25) is 5.91 Å². The van der Waals surface area contributed by atoms with Crippen molar-refractivity contribution in [1.29, 1.82) is 0 Å². The number of rotatable bonds is 9. The molecule has 0 aliphatic heterocycles. The summed E-state index contributed by atoms with van der Waals surface area (Å²) >= 11 is 0. The summed E-state index contributed by atoms with van der Waals surface area (Å²) in [5.41, 5.74) is 6.67. The topological polar surface area (TPSA) is 58.4 Å².